The molecular formula is C15H13ClFN3O2. The number of benzene rings is 1. The predicted molar refractivity (Wildman–Crippen MR) is 82.3 cm³/mol. The summed E-state index contributed by atoms with van der Waals surface area (Å²) in [4.78, 5) is 26.9. The highest BCUT2D eigenvalue weighted by molar-refractivity contribution is 6.31. The second-order valence-corrected chi connectivity index (χ2v) is 4.98. The van der Waals surface area contributed by atoms with E-state index < -0.39 is 5.82 Å². The van der Waals surface area contributed by atoms with Crippen molar-refractivity contribution in [2.45, 2.75) is 13.3 Å². The van der Waals surface area contributed by atoms with Gasteiger partial charge in [-0.2, -0.15) is 0 Å². The van der Waals surface area contributed by atoms with Crippen molar-refractivity contribution >= 4 is 34.9 Å². The molecule has 0 unspecified atom stereocenters. The van der Waals surface area contributed by atoms with E-state index in [4.69, 9.17) is 11.6 Å². The van der Waals surface area contributed by atoms with Crippen LogP contribution in [0.3, 0.4) is 0 Å². The summed E-state index contributed by atoms with van der Waals surface area (Å²) in [5.74, 6) is -0.684. The van der Waals surface area contributed by atoms with Crippen LogP contribution >= 0.6 is 11.6 Å². The molecule has 2 amide bonds. The minimum Gasteiger partial charge on any atom is -0.326 e. The second-order valence-electron chi connectivity index (χ2n) is 4.57. The van der Waals surface area contributed by atoms with E-state index in [2.05, 4.69) is 15.6 Å². The van der Waals surface area contributed by atoms with Crippen LogP contribution in [0.1, 0.15) is 12.5 Å². The summed E-state index contributed by atoms with van der Waals surface area (Å²) in [7, 11) is 0. The largest absolute Gasteiger partial charge is 0.326 e. The summed E-state index contributed by atoms with van der Waals surface area (Å²) in [6.45, 7) is 1.36. The number of hydrogen-bond donors (Lipinski definition) is 2. The highest BCUT2D eigenvalue weighted by Crippen LogP contribution is 2.19. The van der Waals surface area contributed by atoms with Crippen molar-refractivity contribution in [3.63, 3.8) is 0 Å². The zero-order chi connectivity index (χ0) is 16.1. The highest BCUT2D eigenvalue weighted by Gasteiger charge is 2.09. The SMILES string of the molecule is CC(=O)Nc1cc(NC(=O)Cc2ccc(F)cc2Cl)ccn1. The van der Waals surface area contributed by atoms with Gasteiger partial charge < -0.3 is 10.6 Å². The van der Waals surface area contributed by atoms with Gasteiger partial charge in [-0.25, -0.2) is 9.37 Å². The number of carbonyl (C=O) groups excluding carboxylic acids is 2. The van der Waals surface area contributed by atoms with Gasteiger partial charge in [-0.3, -0.25) is 9.59 Å². The second kappa shape index (κ2) is 7.00. The summed E-state index contributed by atoms with van der Waals surface area (Å²) in [5.41, 5.74) is 1.01. The Kier molecular flexibility index (Phi) is 5.06. The van der Waals surface area contributed by atoms with Crippen LogP contribution in [0.2, 0.25) is 5.02 Å². The number of aromatic nitrogens is 1. The molecule has 0 bridgehead atoms. The number of hydrogen-bond acceptors (Lipinski definition) is 3. The molecule has 22 heavy (non-hydrogen) atoms. The minimum absolute atomic E-state index is 0.0108. The number of amides is 2. The van der Waals surface area contributed by atoms with E-state index in [9.17, 15) is 14.0 Å². The maximum absolute atomic E-state index is 13.0. The monoisotopic (exact) mass is 321 g/mol. The fourth-order valence-electron chi connectivity index (χ4n) is 1.80. The Morgan fingerprint density at radius 2 is 2.00 bits per heavy atom. The molecule has 1 aromatic heterocycles. The Labute approximate surface area is 131 Å². The molecule has 0 aliphatic rings. The predicted octanol–water partition coefficient (Wildman–Crippen LogP) is 3.01. The lowest BCUT2D eigenvalue weighted by Crippen LogP contribution is -2.15. The van der Waals surface area contributed by atoms with Gasteiger partial charge >= 0.3 is 0 Å². The molecule has 7 heteroatoms. The Morgan fingerprint density at radius 3 is 2.68 bits per heavy atom. The molecule has 0 saturated carbocycles. The molecule has 114 valence electrons. The van der Waals surface area contributed by atoms with E-state index in [-0.39, 0.29) is 23.3 Å². The molecule has 0 aliphatic heterocycles. The Bertz CT molecular complexity index is 722. The van der Waals surface area contributed by atoms with Crippen molar-refractivity contribution in [3.8, 4) is 0 Å². The maximum atomic E-state index is 13.0. The average Bonchev–Trinajstić information content (AvgIpc) is 2.41. The summed E-state index contributed by atoms with van der Waals surface area (Å²) < 4.78 is 13.0. The molecule has 5 nitrogen and oxygen atoms in total. The third kappa shape index (κ3) is 4.53. The first-order valence-corrected chi connectivity index (χ1v) is 6.79. The summed E-state index contributed by atoms with van der Waals surface area (Å²) >= 11 is 5.88. The number of pyridine rings is 1. The van der Waals surface area contributed by atoms with Crippen LogP contribution in [-0.4, -0.2) is 16.8 Å². The van der Waals surface area contributed by atoms with Gasteiger partial charge in [-0.05, 0) is 23.8 Å². The molecule has 0 fully saturated rings. The average molecular weight is 322 g/mol. The first-order valence-electron chi connectivity index (χ1n) is 6.41. The molecule has 2 aromatic rings. The van der Waals surface area contributed by atoms with Crippen molar-refractivity contribution in [3.05, 3.63) is 52.9 Å². The quantitative estimate of drug-likeness (QED) is 0.909. The molecule has 0 aliphatic carbocycles. The summed E-state index contributed by atoms with van der Waals surface area (Å²) in [6.07, 6.45) is 1.47. The van der Waals surface area contributed by atoms with E-state index in [0.29, 0.717) is 17.1 Å². The fourth-order valence-corrected chi connectivity index (χ4v) is 2.03. The van der Waals surface area contributed by atoms with E-state index in [1.807, 2.05) is 0 Å². The smallest absolute Gasteiger partial charge is 0.228 e. The number of anilines is 2. The lowest BCUT2D eigenvalue weighted by Gasteiger charge is -2.08. The van der Waals surface area contributed by atoms with Crippen molar-refractivity contribution in [1.82, 2.24) is 4.98 Å². The lowest BCUT2D eigenvalue weighted by molar-refractivity contribution is -0.116. The van der Waals surface area contributed by atoms with Crippen molar-refractivity contribution in [2.75, 3.05) is 10.6 Å². The lowest BCUT2D eigenvalue weighted by atomic mass is 10.1. The van der Waals surface area contributed by atoms with Gasteiger partial charge in [0.2, 0.25) is 11.8 Å². The van der Waals surface area contributed by atoms with Gasteiger partial charge in [0.05, 0.1) is 6.42 Å². The van der Waals surface area contributed by atoms with E-state index in [0.717, 1.165) is 6.07 Å². The zero-order valence-electron chi connectivity index (χ0n) is 11.7. The van der Waals surface area contributed by atoms with Gasteiger partial charge in [-0.1, -0.05) is 17.7 Å². The van der Waals surface area contributed by atoms with Crippen LogP contribution in [0.4, 0.5) is 15.9 Å². The molecule has 0 atom stereocenters. The minimum atomic E-state index is -0.455. The van der Waals surface area contributed by atoms with Crippen molar-refractivity contribution in [2.24, 2.45) is 0 Å². The first-order chi connectivity index (χ1) is 10.4. The van der Waals surface area contributed by atoms with Crippen molar-refractivity contribution in [1.29, 1.82) is 0 Å². The van der Waals surface area contributed by atoms with Crippen LogP contribution in [0.25, 0.3) is 0 Å². The fraction of sp³-hybridized carbons (Fsp3) is 0.133. The third-order valence-electron chi connectivity index (χ3n) is 2.71. The van der Waals surface area contributed by atoms with Gasteiger partial charge in [0.25, 0.3) is 0 Å². The number of carbonyl (C=O) groups is 2. The number of nitrogens with zero attached hydrogens (tertiary/aromatic N) is 1. The number of nitrogens with one attached hydrogen (secondary N) is 2. The summed E-state index contributed by atoms with van der Waals surface area (Å²) in [6, 6.07) is 6.99. The van der Waals surface area contributed by atoms with Crippen LogP contribution in [0.5, 0.6) is 0 Å². The molecule has 2 rings (SSSR count). The maximum Gasteiger partial charge on any atom is 0.228 e. The van der Waals surface area contributed by atoms with Crippen LogP contribution in [0, 0.1) is 5.82 Å². The Hall–Kier alpha value is -2.47. The molecule has 0 spiro atoms. The molecular weight excluding hydrogens is 309 g/mol. The number of rotatable bonds is 4. The molecule has 1 aromatic carbocycles. The third-order valence-corrected chi connectivity index (χ3v) is 3.07. The Morgan fingerprint density at radius 1 is 1.23 bits per heavy atom. The van der Waals surface area contributed by atoms with Gasteiger partial charge in [0.1, 0.15) is 11.6 Å². The molecule has 0 radical (unpaired) electrons. The van der Waals surface area contributed by atoms with E-state index in [1.165, 1.54) is 31.3 Å². The van der Waals surface area contributed by atoms with Crippen LogP contribution < -0.4 is 10.6 Å². The molecule has 0 saturated heterocycles. The van der Waals surface area contributed by atoms with E-state index >= 15 is 0 Å². The Balaban J connectivity index is 2.04. The van der Waals surface area contributed by atoms with Gasteiger partial charge in [0.15, 0.2) is 0 Å². The standard InChI is InChI=1S/C15H13ClFN3O2/c1-9(21)19-14-8-12(4-5-18-14)20-15(22)6-10-2-3-11(17)7-13(10)16/h2-5,7-8H,6H2,1H3,(H2,18,19,20,21,22). The van der Waals surface area contributed by atoms with E-state index in [1.54, 1.807) is 6.07 Å². The normalized spacial score (nSPS) is 10.1. The van der Waals surface area contributed by atoms with Gasteiger partial charge in [0, 0.05) is 29.9 Å². The van der Waals surface area contributed by atoms with Crippen LogP contribution in [0.15, 0.2) is 36.5 Å². The van der Waals surface area contributed by atoms with Crippen LogP contribution in [-0.2, 0) is 16.0 Å². The first kappa shape index (κ1) is 15.9. The summed E-state index contributed by atoms with van der Waals surface area (Å²) in [5, 5.41) is 5.38. The number of halogens is 2. The highest BCUT2D eigenvalue weighted by atomic mass is 35.5. The van der Waals surface area contributed by atoms with Gasteiger partial charge in [-0.15, -0.1) is 0 Å². The molecule has 1 heterocycles. The molecule has 2 N–H and O–H groups in total. The zero-order valence-corrected chi connectivity index (χ0v) is 12.4. The topological polar surface area (TPSA) is 71.1 Å². The van der Waals surface area contributed by atoms with Crippen molar-refractivity contribution < 1.29 is 14.0 Å².